The van der Waals surface area contributed by atoms with Crippen LogP contribution < -0.4 is 10.5 Å². The zero-order chi connectivity index (χ0) is 30.4. The fourth-order valence-corrected chi connectivity index (χ4v) is 5.82. The minimum Gasteiger partial charge on any atom is -0.494 e. The van der Waals surface area contributed by atoms with Gasteiger partial charge >= 0.3 is 12.1 Å². The van der Waals surface area contributed by atoms with E-state index < -0.39 is 17.7 Å². The zero-order valence-corrected chi connectivity index (χ0v) is 26.1. The SMILES string of the molecule is CC(C)/C(N)=N/C(=O)N1CCC(CCCOc2ccc3c(c2)CN(C(=O)OC(C)(C)C)C(C(=O)N2CCCC2)C3)CC1. The van der Waals surface area contributed by atoms with Crippen molar-refractivity contribution in [3.05, 3.63) is 29.3 Å². The number of fused-ring (bicyclic) bond motifs is 1. The van der Waals surface area contributed by atoms with Gasteiger partial charge in [0.05, 0.1) is 13.2 Å². The molecule has 4 amide bonds. The number of hydrogen-bond acceptors (Lipinski definition) is 5. The molecule has 0 saturated carbocycles. The van der Waals surface area contributed by atoms with Crippen LogP contribution in [0.1, 0.15) is 84.3 Å². The number of carbonyl (C=O) groups is 3. The summed E-state index contributed by atoms with van der Waals surface area (Å²) in [6.45, 7) is 13.2. The van der Waals surface area contributed by atoms with Gasteiger partial charge in [-0.1, -0.05) is 19.9 Å². The molecule has 42 heavy (non-hydrogen) atoms. The molecule has 232 valence electrons. The molecule has 1 aromatic rings. The minimum absolute atomic E-state index is 0.00644. The number of carbonyl (C=O) groups excluding carboxylic acids is 3. The smallest absolute Gasteiger partial charge is 0.411 e. The Morgan fingerprint density at radius 3 is 2.36 bits per heavy atom. The van der Waals surface area contributed by atoms with Crippen molar-refractivity contribution < 1.29 is 23.9 Å². The number of nitrogens with two attached hydrogens (primary N) is 1. The van der Waals surface area contributed by atoms with Crippen LogP contribution in [0.5, 0.6) is 5.75 Å². The van der Waals surface area contributed by atoms with Gasteiger partial charge < -0.3 is 25.0 Å². The minimum atomic E-state index is -0.647. The molecule has 3 aliphatic rings. The van der Waals surface area contributed by atoms with Crippen LogP contribution in [-0.4, -0.2) is 83.0 Å². The summed E-state index contributed by atoms with van der Waals surface area (Å²) in [6.07, 6.45) is 5.90. The Morgan fingerprint density at radius 1 is 1.02 bits per heavy atom. The first-order valence-corrected chi connectivity index (χ1v) is 15.6. The molecule has 1 atom stereocenters. The van der Waals surface area contributed by atoms with Crippen molar-refractivity contribution in [1.82, 2.24) is 14.7 Å². The lowest BCUT2D eigenvalue weighted by Crippen LogP contribution is -2.54. The van der Waals surface area contributed by atoms with Gasteiger partial charge in [-0.15, -0.1) is 0 Å². The van der Waals surface area contributed by atoms with Crippen LogP contribution in [0.2, 0.25) is 0 Å². The number of rotatable bonds is 7. The Hall–Kier alpha value is -3.30. The standard InChI is InChI=1S/C32H49N5O5/c1-22(2)28(33)34-30(39)36-16-12-23(13-17-36)9-8-18-41-26-11-10-24-20-27(29(38)35-14-6-7-15-35)37(21-25(24)19-26)31(40)42-32(3,4)5/h10-11,19,22-23,27H,6-9,12-18,20-21H2,1-5H3,(H2,33,34,39). The summed E-state index contributed by atoms with van der Waals surface area (Å²) < 4.78 is 11.8. The van der Waals surface area contributed by atoms with Gasteiger partial charge in [0.25, 0.3) is 0 Å². The number of hydrogen-bond donors (Lipinski definition) is 1. The number of amidine groups is 1. The van der Waals surface area contributed by atoms with E-state index in [2.05, 4.69) is 4.99 Å². The number of ether oxygens (including phenoxy) is 2. The number of urea groups is 1. The van der Waals surface area contributed by atoms with Crippen molar-refractivity contribution in [3.63, 3.8) is 0 Å². The maximum atomic E-state index is 13.4. The van der Waals surface area contributed by atoms with Crippen molar-refractivity contribution in [2.24, 2.45) is 22.6 Å². The van der Waals surface area contributed by atoms with Gasteiger partial charge in [0, 0.05) is 38.5 Å². The van der Waals surface area contributed by atoms with Gasteiger partial charge in [-0.05, 0) is 88.5 Å². The van der Waals surface area contributed by atoms with Crippen molar-refractivity contribution in [1.29, 1.82) is 0 Å². The molecule has 2 saturated heterocycles. The van der Waals surface area contributed by atoms with Crippen LogP contribution in [0.4, 0.5) is 9.59 Å². The topological polar surface area (TPSA) is 118 Å². The van der Waals surface area contributed by atoms with Gasteiger partial charge in [-0.25, -0.2) is 9.59 Å². The number of aliphatic imine (C=N–C) groups is 1. The molecule has 10 heteroatoms. The zero-order valence-electron chi connectivity index (χ0n) is 26.1. The van der Waals surface area contributed by atoms with Crippen molar-refractivity contribution >= 4 is 23.9 Å². The number of likely N-dealkylation sites (tertiary alicyclic amines) is 2. The lowest BCUT2D eigenvalue weighted by Gasteiger charge is -2.38. The molecular weight excluding hydrogens is 534 g/mol. The first-order chi connectivity index (χ1) is 19.9. The summed E-state index contributed by atoms with van der Waals surface area (Å²) in [5, 5.41) is 0. The largest absolute Gasteiger partial charge is 0.494 e. The molecule has 10 nitrogen and oxygen atoms in total. The van der Waals surface area contributed by atoms with E-state index in [1.165, 1.54) is 0 Å². The molecule has 2 N–H and O–H groups in total. The highest BCUT2D eigenvalue weighted by Crippen LogP contribution is 2.30. The second-order valence-electron chi connectivity index (χ2n) is 13.2. The fourth-order valence-electron chi connectivity index (χ4n) is 5.82. The van der Waals surface area contributed by atoms with Gasteiger partial charge in [-0.3, -0.25) is 9.69 Å². The summed E-state index contributed by atoms with van der Waals surface area (Å²) in [6, 6.07) is 5.21. The predicted molar refractivity (Wildman–Crippen MR) is 162 cm³/mol. The van der Waals surface area contributed by atoms with Crippen LogP contribution in [0.15, 0.2) is 23.2 Å². The lowest BCUT2D eigenvalue weighted by molar-refractivity contribution is -0.136. The monoisotopic (exact) mass is 583 g/mol. The summed E-state index contributed by atoms with van der Waals surface area (Å²) in [4.78, 5) is 48.3. The highest BCUT2D eigenvalue weighted by Gasteiger charge is 2.39. The summed E-state index contributed by atoms with van der Waals surface area (Å²) in [5.41, 5.74) is 7.26. The van der Waals surface area contributed by atoms with Crippen LogP contribution in [-0.2, 0) is 22.5 Å². The molecule has 1 unspecified atom stereocenters. The first kappa shape index (κ1) is 31.6. The Labute approximate surface area is 250 Å². The molecule has 0 aliphatic carbocycles. The Kier molecular flexibility index (Phi) is 10.4. The fraction of sp³-hybridized carbons (Fsp3) is 0.688. The molecule has 0 radical (unpaired) electrons. The van der Waals surface area contributed by atoms with Gasteiger partial charge in [0.15, 0.2) is 0 Å². The number of nitrogens with zero attached hydrogens (tertiary/aromatic N) is 4. The number of benzene rings is 1. The van der Waals surface area contributed by atoms with E-state index in [9.17, 15) is 14.4 Å². The maximum absolute atomic E-state index is 13.4. The third-order valence-corrected chi connectivity index (χ3v) is 8.37. The second-order valence-corrected chi connectivity index (χ2v) is 13.2. The average Bonchev–Trinajstić information content (AvgIpc) is 3.48. The normalized spacial score (nSPS) is 20.1. The van der Waals surface area contributed by atoms with E-state index in [1.807, 2.05) is 57.7 Å². The predicted octanol–water partition coefficient (Wildman–Crippen LogP) is 4.98. The van der Waals surface area contributed by atoms with Crippen LogP contribution in [0.3, 0.4) is 0 Å². The van der Waals surface area contributed by atoms with E-state index in [1.54, 1.807) is 9.80 Å². The van der Waals surface area contributed by atoms with Crippen LogP contribution in [0, 0.1) is 11.8 Å². The number of amides is 4. The van der Waals surface area contributed by atoms with Crippen LogP contribution in [0.25, 0.3) is 0 Å². The van der Waals surface area contributed by atoms with E-state index in [0.29, 0.717) is 44.4 Å². The molecule has 1 aromatic carbocycles. The quantitative estimate of drug-likeness (QED) is 0.275. The summed E-state index contributed by atoms with van der Waals surface area (Å²) in [7, 11) is 0. The third-order valence-electron chi connectivity index (χ3n) is 8.37. The molecule has 0 aromatic heterocycles. The Balaban J connectivity index is 1.29. The van der Waals surface area contributed by atoms with E-state index in [4.69, 9.17) is 15.2 Å². The summed E-state index contributed by atoms with van der Waals surface area (Å²) in [5.74, 6) is 1.77. The van der Waals surface area contributed by atoms with Gasteiger partial charge in [-0.2, -0.15) is 4.99 Å². The van der Waals surface area contributed by atoms with E-state index >= 15 is 0 Å². The summed E-state index contributed by atoms with van der Waals surface area (Å²) >= 11 is 0. The molecule has 3 heterocycles. The van der Waals surface area contributed by atoms with Crippen LogP contribution >= 0.6 is 0 Å². The molecule has 2 fully saturated rings. The average molecular weight is 584 g/mol. The van der Waals surface area contributed by atoms with Gasteiger partial charge in [0.1, 0.15) is 23.2 Å². The van der Waals surface area contributed by atoms with E-state index in [-0.39, 0.29) is 17.9 Å². The number of piperidine rings is 1. The molecule has 3 aliphatic heterocycles. The molecule has 0 spiro atoms. The lowest BCUT2D eigenvalue weighted by atomic mass is 9.92. The van der Waals surface area contributed by atoms with E-state index in [0.717, 1.165) is 68.5 Å². The third kappa shape index (κ3) is 8.38. The highest BCUT2D eigenvalue weighted by atomic mass is 16.6. The van der Waals surface area contributed by atoms with Crippen molar-refractivity contribution in [2.45, 2.75) is 97.8 Å². The van der Waals surface area contributed by atoms with Gasteiger partial charge in [0.2, 0.25) is 5.91 Å². The first-order valence-electron chi connectivity index (χ1n) is 15.6. The molecular formula is C32H49N5O5. The molecule has 0 bridgehead atoms. The second kappa shape index (κ2) is 13.8. The maximum Gasteiger partial charge on any atom is 0.411 e. The Morgan fingerprint density at radius 2 is 1.71 bits per heavy atom. The highest BCUT2D eigenvalue weighted by molar-refractivity contribution is 5.93. The molecule has 4 rings (SSSR count). The Bertz CT molecular complexity index is 1150. The van der Waals surface area contributed by atoms with Crippen molar-refractivity contribution in [3.8, 4) is 5.75 Å². The van der Waals surface area contributed by atoms with Crippen molar-refractivity contribution in [2.75, 3.05) is 32.8 Å².